The Morgan fingerprint density at radius 3 is 1.22 bits per heavy atom. The summed E-state index contributed by atoms with van der Waals surface area (Å²) in [6.07, 6.45) is 46.8. The van der Waals surface area contributed by atoms with Crippen LogP contribution in [0.4, 0.5) is 0 Å². The van der Waals surface area contributed by atoms with E-state index in [0.717, 1.165) is 51.4 Å². The Balaban J connectivity index is 1.58. The third-order valence-corrected chi connectivity index (χ3v) is 16.0. The van der Waals surface area contributed by atoms with E-state index >= 15 is 0 Å². The number of allylic oxidation sites excluding steroid dienone is 5. The smallest absolute Gasteiger partial charge is 0.220 e. The molecule has 2 aliphatic heterocycles. The second-order valence-electron chi connectivity index (χ2n) is 23.2. The van der Waals surface area contributed by atoms with E-state index in [1.807, 2.05) is 6.08 Å². The van der Waals surface area contributed by atoms with Crippen molar-refractivity contribution in [2.45, 2.75) is 351 Å². The van der Waals surface area contributed by atoms with E-state index in [4.69, 9.17) is 18.9 Å². The summed E-state index contributed by atoms with van der Waals surface area (Å²) in [6, 6.07) is -0.934. The lowest BCUT2D eigenvalue weighted by Crippen LogP contribution is -2.65. The number of hydrogen-bond acceptors (Lipinski definition) is 13. The summed E-state index contributed by atoms with van der Waals surface area (Å²) in [5, 5.41) is 86.9. The van der Waals surface area contributed by atoms with Gasteiger partial charge in [-0.05, 0) is 38.5 Å². The van der Waals surface area contributed by atoms with Gasteiger partial charge >= 0.3 is 0 Å². The summed E-state index contributed by atoms with van der Waals surface area (Å²) in [6.45, 7) is 2.71. The molecule has 79 heavy (non-hydrogen) atoms. The summed E-state index contributed by atoms with van der Waals surface area (Å²) in [5.41, 5.74) is 0. The van der Waals surface area contributed by atoms with Crippen LogP contribution in [-0.4, -0.2) is 140 Å². The summed E-state index contributed by atoms with van der Waals surface area (Å²) < 4.78 is 22.7. The first-order valence-corrected chi connectivity index (χ1v) is 32.7. The molecule has 2 heterocycles. The molecule has 0 bridgehead atoms. The molecule has 464 valence electrons. The molecule has 0 aromatic heterocycles. The van der Waals surface area contributed by atoms with Gasteiger partial charge in [-0.3, -0.25) is 4.79 Å². The molecule has 0 saturated carbocycles. The van der Waals surface area contributed by atoms with Crippen LogP contribution in [0, 0.1) is 0 Å². The predicted molar refractivity (Wildman–Crippen MR) is 318 cm³/mol. The van der Waals surface area contributed by atoms with E-state index in [-0.39, 0.29) is 18.9 Å². The number of rotatable bonds is 53. The van der Waals surface area contributed by atoms with Gasteiger partial charge in [-0.2, -0.15) is 0 Å². The van der Waals surface area contributed by atoms with Crippen molar-refractivity contribution in [1.82, 2.24) is 5.32 Å². The van der Waals surface area contributed by atoms with Crippen LogP contribution in [-0.2, 0) is 23.7 Å². The van der Waals surface area contributed by atoms with Crippen molar-refractivity contribution in [1.29, 1.82) is 0 Å². The molecule has 9 N–H and O–H groups in total. The van der Waals surface area contributed by atoms with Crippen LogP contribution >= 0.6 is 0 Å². The van der Waals surface area contributed by atoms with Gasteiger partial charge in [0.1, 0.15) is 48.8 Å². The summed E-state index contributed by atoms with van der Waals surface area (Å²) in [4.78, 5) is 13.2. The number of amides is 1. The molecule has 2 saturated heterocycles. The molecule has 0 aromatic rings. The number of carbonyl (C=O) groups is 1. The fourth-order valence-electron chi connectivity index (χ4n) is 10.8. The Morgan fingerprint density at radius 2 is 0.810 bits per heavy atom. The largest absolute Gasteiger partial charge is 0.394 e. The molecular formula is C65H121NO13. The number of ether oxygens (including phenoxy) is 4. The van der Waals surface area contributed by atoms with Gasteiger partial charge in [-0.25, -0.2) is 0 Å². The molecule has 0 radical (unpaired) electrons. The van der Waals surface area contributed by atoms with Crippen LogP contribution in [0.3, 0.4) is 0 Å². The molecule has 14 heteroatoms. The lowest BCUT2D eigenvalue weighted by Gasteiger charge is -2.46. The third-order valence-electron chi connectivity index (χ3n) is 16.0. The van der Waals surface area contributed by atoms with Crippen molar-refractivity contribution in [3.05, 3.63) is 36.5 Å². The van der Waals surface area contributed by atoms with E-state index in [9.17, 15) is 45.6 Å². The first-order valence-electron chi connectivity index (χ1n) is 32.7. The van der Waals surface area contributed by atoms with Crippen molar-refractivity contribution in [3.8, 4) is 0 Å². The Kier molecular flexibility index (Phi) is 47.0. The van der Waals surface area contributed by atoms with Crippen molar-refractivity contribution < 1.29 is 64.6 Å². The van der Waals surface area contributed by atoms with Crippen molar-refractivity contribution in [3.63, 3.8) is 0 Å². The van der Waals surface area contributed by atoms with Gasteiger partial charge in [0.2, 0.25) is 5.91 Å². The maximum atomic E-state index is 13.2. The van der Waals surface area contributed by atoms with Crippen LogP contribution in [0.25, 0.3) is 0 Å². The Labute approximate surface area is 481 Å². The minimum atomic E-state index is -1.79. The SMILES string of the molecule is CCC/C=C/CC/C=C/CC/C=C/C(O)C(COC1OC(CO)C(OC2OC(CO)C(O)C(O)C2O)C(O)C1O)NC(=O)CCCCCCCCCCCCCCCCCCCCCCCCCCCCCCCCCCCC. The molecular weight excluding hydrogens is 1000 g/mol. The van der Waals surface area contributed by atoms with Gasteiger partial charge in [-0.1, -0.05) is 269 Å². The molecule has 2 fully saturated rings. The topological polar surface area (TPSA) is 228 Å². The standard InChI is InChI=1S/C65H121NO13/c1-3-5-7-9-11-13-15-16-17-18-19-20-21-22-23-24-25-26-27-28-29-30-31-32-33-34-35-36-37-39-41-43-45-47-49-57(70)66-53(54(69)48-46-44-42-40-38-14-12-10-8-6-4-2)52-76-64-62(75)60(73)63(56(51-68)78-64)79-65-61(74)59(72)58(71)55(50-67)77-65/h8,10,38,40,46,48,53-56,58-65,67-69,71-75H,3-7,9,11-37,39,41-45,47,49-52H2,1-2H3,(H,66,70)/b10-8+,40-38+,48-46+. The lowest BCUT2D eigenvalue weighted by atomic mass is 9.97. The van der Waals surface area contributed by atoms with Crippen LogP contribution in [0.2, 0.25) is 0 Å². The maximum Gasteiger partial charge on any atom is 0.220 e. The average Bonchev–Trinajstić information content (AvgIpc) is 3.55. The fraction of sp³-hybridized carbons (Fsp3) is 0.892. The molecule has 12 atom stereocenters. The van der Waals surface area contributed by atoms with E-state index in [0.29, 0.717) is 12.8 Å². The van der Waals surface area contributed by atoms with E-state index in [2.05, 4.69) is 43.5 Å². The first kappa shape index (κ1) is 73.3. The minimum Gasteiger partial charge on any atom is -0.394 e. The lowest BCUT2D eigenvalue weighted by molar-refractivity contribution is -0.359. The zero-order chi connectivity index (χ0) is 57.4. The zero-order valence-electron chi connectivity index (χ0n) is 50.1. The number of carbonyl (C=O) groups excluding carboxylic acids is 1. The summed E-state index contributed by atoms with van der Waals surface area (Å²) >= 11 is 0. The molecule has 12 unspecified atom stereocenters. The van der Waals surface area contributed by atoms with Gasteiger partial charge in [0.05, 0.1) is 32.0 Å². The van der Waals surface area contributed by atoms with E-state index in [1.54, 1.807) is 6.08 Å². The molecule has 14 nitrogen and oxygen atoms in total. The number of aliphatic hydroxyl groups excluding tert-OH is 8. The van der Waals surface area contributed by atoms with E-state index < -0.39 is 86.8 Å². The second-order valence-corrected chi connectivity index (χ2v) is 23.2. The number of hydrogen-bond donors (Lipinski definition) is 9. The molecule has 0 aromatic carbocycles. The molecule has 0 spiro atoms. The molecule has 0 aliphatic carbocycles. The Hall–Kier alpha value is -1.79. The van der Waals surface area contributed by atoms with Crippen molar-refractivity contribution in [2.75, 3.05) is 19.8 Å². The van der Waals surface area contributed by atoms with Crippen LogP contribution in [0.15, 0.2) is 36.5 Å². The van der Waals surface area contributed by atoms with Gasteiger partial charge in [0, 0.05) is 6.42 Å². The van der Waals surface area contributed by atoms with Crippen molar-refractivity contribution >= 4 is 5.91 Å². The fourth-order valence-corrected chi connectivity index (χ4v) is 10.8. The molecule has 2 rings (SSSR count). The predicted octanol–water partition coefficient (Wildman–Crippen LogP) is 12.2. The highest BCUT2D eigenvalue weighted by molar-refractivity contribution is 5.76. The zero-order valence-corrected chi connectivity index (χ0v) is 50.1. The number of unbranched alkanes of at least 4 members (excludes halogenated alkanes) is 36. The van der Waals surface area contributed by atoms with E-state index in [1.165, 1.54) is 193 Å². The minimum absolute atomic E-state index is 0.251. The van der Waals surface area contributed by atoms with Gasteiger partial charge in [0.25, 0.3) is 0 Å². The summed E-state index contributed by atoms with van der Waals surface area (Å²) in [7, 11) is 0. The molecule has 1 amide bonds. The van der Waals surface area contributed by atoms with Crippen LogP contribution in [0.1, 0.15) is 277 Å². The maximum absolute atomic E-state index is 13.2. The molecule has 2 aliphatic rings. The highest BCUT2D eigenvalue weighted by Crippen LogP contribution is 2.30. The normalized spacial score (nSPS) is 24.6. The van der Waals surface area contributed by atoms with Gasteiger partial charge in [-0.15, -0.1) is 0 Å². The Bertz CT molecular complexity index is 1460. The Morgan fingerprint density at radius 1 is 0.443 bits per heavy atom. The van der Waals surface area contributed by atoms with Gasteiger partial charge < -0.3 is 65.1 Å². The average molecular weight is 1120 g/mol. The number of aliphatic hydroxyl groups is 8. The first-order chi connectivity index (χ1) is 38.6. The monoisotopic (exact) mass is 1120 g/mol. The quantitative estimate of drug-likeness (QED) is 0.0204. The third kappa shape index (κ3) is 35.8. The summed E-state index contributed by atoms with van der Waals surface area (Å²) in [5.74, 6) is -0.251. The van der Waals surface area contributed by atoms with Crippen molar-refractivity contribution in [2.24, 2.45) is 0 Å². The van der Waals surface area contributed by atoms with Crippen LogP contribution in [0.5, 0.6) is 0 Å². The number of nitrogens with one attached hydrogen (secondary N) is 1. The second kappa shape index (κ2) is 50.7. The highest BCUT2D eigenvalue weighted by atomic mass is 16.7. The highest BCUT2D eigenvalue weighted by Gasteiger charge is 2.51. The van der Waals surface area contributed by atoms with Gasteiger partial charge in [0.15, 0.2) is 12.6 Å². The van der Waals surface area contributed by atoms with Crippen LogP contribution < -0.4 is 5.32 Å².